The molecule has 4 rings (SSSR count). The Morgan fingerprint density at radius 1 is 0.889 bits per heavy atom. The van der Waals surface area contributed by atoms with Crippen LogP contribution in [0.3, 0.4) is 0 Å². The number of nitrogens with zero attached hydrogens (tertiary/aromatic N) is 3. The molecule has 5 nitrogen and oxygen atoms in total. The number of carbonyl (C=O) groups is 2. The molecule has 0 N–H and O–H groups in total. The fourth-order valence-electron chi connectivity index (χ4n) is 4.41. The smallest absolute Gasteiger partial charge is 0.238 e. The lowest BCUT2D eigenvalue weighted by Gasteiger charge is -2.38. The van der Waals surface area contributed by atoms with Gasteiger partial charge in [-0.05, 0) is 37.2 Å². The van der Waals surface area contributed by atoms with E-state index in [4.69, 9.17) is 0 Å². The summed E-state index contributed by atoms with van der Waals surface area (Å²) in [5, 5.41) is 0. The standard InChI is InChI=1S/C22H31N3O2/c1-18-7-11-24(12-8-18)20(26)22(9-10-22)21(27)25-15-13-23(14-16-25)17-19-5-3-2-4-6-19/h2-6,18H,7-17H2,1H3. The predicted molar refractivity (Wildman–Crippen MR) is 105 cm³/mol. The largest absolute Gasteiger partial charge is 0.342 e. The average molecular weight is 370 g/mol. The first-order valence-corrected chi connectivity index (χ1v) is 10.4. The molecule has 2 aliphatic heterocycles. The second-order valence-electron chi connectivity index (χ2n) is 8.61. The van der Waals surface area contributed by atoms with Gasteiger partial charge in [0.05, 0.1) is 0 Å². The average Bonchev–Trinajstić information content (AvgIpc) is 3.51. The summed E-state index contributed by atoms with van der Waals surface area (Å²) in [5.74, 6) is 0.884. The summed E-state index contributed by atoms with van der Waals surface area (Å²) < 4.78 is 0. The number of hydrogen-bond donors (Lipinski definition) is 0. The van der Waals surface area contributed by atoms with E-state index in [1.165, 1.54) is 5.56 Å². The van der Waals surface area contributed by atoms with Gasteiger partial charge in [0, 0.05) is 45.8 Å². The maximum Gasteiger partial charge on any atom is 0.238 e. The molecule has 2 saturated heterocycles. The molecule has 1 aromatic rings. The maximum absolute atomic E-state index is 13.2. The Balaban J connectivity index is 1.32. The van der Waals surface area contributed by atoms with Gasteiger partial charge < -0.3 is 9.80 Å². The summed E-state index contributed by atoms with van der Waals surface area (Å²) in [5.41, 5.74) is 0.591. The van der Waals surface area contributed by atoms with E-state index in [2.05, 4.69) is 36.1 Å². The number of rotatable bonds is 4. The van der Waals surface area contributed by atoms with Gasteiger partial charge in [0.1, 0.15) is 5.41 Å². The van der Waals surface area contributed by atoms with Crippen LogP contribution in [0.1, 0.15) is 38.2 Å². The Kier molecular flexibility index (Phi) is 5.22. The Morgan fingerprint density at radius 3 is 2.00 bits per heavy atom. The minimum absolute atomic E-state index is 0.0884. The summed E-state index contributed by atoms with van der Waals surface area (Å²) in [6.45, 7) is 8.04. The molecule has 27 heavy (non-hydrogen) atoms. The lowest BCUT2D eigenvalue weighted by Crippen LogP contribution is -2.54. The van der Waals surface area contributed by atoms with Crippen LogP contribution in [0.2, 0.25) is 0 Å². The van der Waals surface area contributed by atoms with Crippen molar-refractivity contribution in [3.8, 4) is 0 Å². The molecule has 3 aliphatic rings. The van der Waals surface area contributed by atoms with Crippen LogP contribution in [-0.4, -0.2) is 65.8 Å². The van der Waals surface area contributed by atoms with Gasteiger partial charge in [0.25, 0.3) is 0 Å². The monoisotopic (exact) mass is 369 g/mol. The molecule has 2 amide bonds. The number of likely N-dealkylation sites (tertiary alicyclic amines) is 1. The van der Waals surface area contributed by atoms with Crippen LogP contribution in [0.4, 0.5) is 0 Å². The topological polar surface area (TPSA) is 43.9 Å². The summed E-state index contributed by atoms with van der Waals surface area (Å²) in [6.07, 6.45) is 3.60. The number of amides is 2. The third-order valence-electron chi connectivity index (χ3n) is 6.55. The quantitative estimate of drug-likeness (QED) is 0.766. The minimum Gasteiger partial charge on any atom is -0.342 e. The van der Waals surface area contributed by atoms with E-state index in [1.807, 2.05) is 15.9 Å². The zero-order valence-electron chi connectivity index (χ0n) is 16.4. The molecule has 1 aromatic carbocycles. The Labute approximate surface area is 162 Å². The van der Waals surface area contributed by atoms with E-state index >= 15 is 0 Å². The lowest BCUT2D eigenvalue weighted by atomic mass is 9.96. The Bertz CT molecular complexity index is 670. The van der Waals surface area contributed by atoms with Crippen LogP contribution in [0, 0.1) is 11.3 Å². The second-order valence-corrected chi connectivity index (χ2v) is 8.61. The van der Waals surface area contributed by atoms with Crippen molar-refractivity contribution in [3.63, 3.8) is 0 Å². The van der Waals surface area contributed by atoms with Gasteiger partial charge in [-0.2, -0.15) is 0 Å². The number of carbonyl (C=O) groups excluding carboxylic acids is 2. The SMILES string of the molecule is CC1CCN(C(=O)C2(C(=O)N3CCN(Cc4ccccc4)CC3)CC2)CC1. The molecule has 0 unspecified atom stereocenters. The van der Waals surface area contributed by atoms with Gasteiger partial charge in [0.15, 0.2) is 0 Å². The fourth-order valence-corrected chi connectivity index (χ4v) is 4.41. The number of hydrogen-bond acceptors (Lipinski definition) is 3. The second kappa shape index (κ2) is 7.63. The van der Waals surface area contributed by atoms with Gasteiger partial charge in [-0.25, -0.2) is 0 Å². The first-order chi connectivity index (χ1) is 13.1. The fraction of sp³-hybridized carbons (Fsp3) is 0.636. The first-order valence-electron chi connectivity index (χ1n) is 10.4. The van der Waals surface area contributed by atoms with Gasteiger partial charge in [-0.1, -0.05) is 37.3 Å². The highest BCUT2D eigenvalue weighted by Gasteiger charge is 2.59. The highest BCUT2D eigenvalue weighted by Crippen LogP contribution is 2.49. The van der Waals surface area contributed by atoms with E-state index in [0.717, 1.165) is 71.5 Å². The number of piperazine rings is 1. The lowest BCUT2D eigenvalue weighted by molar-refractivity contribution is -0.151. The molecule has 3 fully saturated rings. The molecule has 0 spiro atoms. The van der Waals surface area contributed by atoms with Crippen LogP contribution < -0.4 is 0 Å². The molecule has 0 radical (unpaired) electrons. The van der Waals surface area contributed by atoms with Crippen molar-refractivity contribution in [2.24, 2.45) is 11.3 Å². The molecule has 1 saturated carbocycles. The molecule has 0 atom stereocenters. The molecule has 2 heterocycles. The van der Waals surface area contributed by atoms with Crippen LogP contribution in [-0.2, 0) is 16.1 Å². The van der Waals surface area contributed by atoms with E-state index in [-0.39, 0.29) is 11.8 Å². The van der Waals surface area contributed by atoms with Crippen molar-refractivity contribution < 1.29 is 9.59 Å². The molecule has 146 valence electrons. The van der Waals surface area contributed by atoms with E-state index < -0.39 is 5.41 Å². The molecular formula is C22H31N3O2. The Morgan fingerprint density at radius 2 is 1.44 bits per heavy atom. The van der Waals surface area contributed by atoms with Crippen molar-refractivity contribution >= 4 is 11.8 Å². The third-order valence-corrected chi connectivity index (χ3v) is 6.55. The predicted octanol–water partition coefficient (Wildman–Crippen LogP) is 2.37. The summed E-state index contributed by atoms with van der Waals surface area (Å²) in [4.78, 5) is 32.5. The van der Waals surface area contributed by atoms with Crippen LogP contribution in [0.15, 0.2) is 30.3 Å². The molecule has 5 heteroatoms. The van der Waals surface area contributed by atoms with Crippen molar-refractivity contribution in [1.82, 2.24) is 14.7 Å². The summed E-state index contributed by atoms with van der Waals surface area (Å²) >= 11 is 0. The highest BCUT2D eigenvalue weighted by atomic mass is 16.2. The zero-order chi connectivity index (χ0) is 18.9. The van der Waals surface area contributed by atoms with E-state index in [0.29, 0.717) is 5.92 Å². The third kappa shape index (κ3) is 3.88. The minimum atomic E-state index is -0.720. The van der Waals surface area contributed by atoms with Gasteiger partial charge in [-0.15, -0.1) is 0 Å². The zero-order valence-corrected chi connectivity index (χ0v) is 16.4. The van der Waals surface area contributed by atoms with E-state index in [9.17, 15) is 9.59 Å². The van der Waals surface area contributed by atoms with Crippen molar-refractivity contribution in [2.75, 3.05) is 39.3 Å². The van der Waals surface area contributed by atoms with Crippen molar-refractivity contribution in [2.45, 2.75) is 39.2 Å². The van der Waals surface area contributed by atoms with Gasteiger partial charge in [0.2, 0.25) is 11.8 Å². The molecule has 0 bridgehead atoms. The van der Waals surface area contributed by atoms with E-state index in [1.54, 1.807) is 0 Å². The van der Waals surface area contributed by atoms with Crippen LogP contribution >= 0.6 is 0 Å². The van der Waals surface area contributed by atoms with Gasteiger partial charge in [-0.3, -0.25) is 14.5 Å². The van der Waals surface area contributed by atoms with Crippen LogP contribution in [0.5, 0.6) is 0 Å². The van der Waals surface area contributed by atoms with Crippen LogP contribution in [0.25, 0.3) is 0 Å². The van der Waals surface area contributed by atoms with Gasteiger partial charge >= 0.3 is 0 Å². The Hall–Kier alpha value is -1.88. The number of piperidine rings is 1. The summed E-state index contributed by atoms with van der Waals surface area (Å²) in [6, 6.07) is 10.5. The normalized spacial score (nSPS) is 23.3. The first kappa shape index (κ1) is 18.5. The maximum atomic E-state index is 13.2. The van der Waals surface area contributed by atoms with Crippen molar-refractivity contribution in [3.05, 3.63) is 35.9 Å². The van der Waals surface area contributed by atoms with Crippen molar-refractivity contribution in [1.29, 1.82) is 0 Å². The molecule has 1 aliphatic carbocycles. The number of benzene rings is 1. The summed E-state index contributed by atoms with van der Waals surface area (Å²) in [7, 11) is 0. The highest BCUT2D eigenvalue weighted by molar-refractivity contribution is 6.07. The molecular weight excluding hydrogens is 338 g/mol. The molecule has 0 aromatic heterocycles.